The molecule has 0 aliphatic rings. The molecular weight excluding hydrogens is 423 g/mol. The summed E-state index contributed by atoms with van der Waals surface area (Å²) in [6, 6.07) is 11.8. The number of hydrogen-bond donors (Lipinski definition) is 1. The largest absolute Gasteiger partial charge is 0.494 e. The maximum Gasteiger partial charge on any atom is 0.336 e. The van der Waals surface area contributed by atoms with Gasteiger partial charge in [-0.1, -0.05) is 6.07 Å². The molecule has 0 radical (unpaired) electrons. The smallest absolute Gasteiger partial charge is 0.336 e. The molecule has 0 unspecified atom stereocenters. The molecule has 2 aromatic heterocycles. The predicted molar refractivity (Wildman–Crippen MR) is 112 cm³/mol. The van der Waals surface area contributed by atoms with Crippen LogP contribution in [0.1, 0.15) is 21.7 Å². The van der Waals surface area contributed by atoms with Crippen molar-refractivity contribution in [1.82, 2.24) is 8.75 Å². The van der Waals surface area contributed by atoms with Gasteiger partial charge in [0.15, 0.2) is 17.3 Å². The van der Waals surface area contributed by atoms with E-state index in [-0.39, 0.29) is 34.4 Å². The SMILES string of the molecule is COc1ccc(C(=O)C(Cc2ccco2)=C(C(=O)O)c2ccc3nsnc3c2)cc1F. The molecule has 9 heteroatoms. The van der Waals surface area contributed by atoms with Gasteiger partial charge in [0.2, 0.25) is 0 Å². The van der Waals surface area contributed by atoms with E-state index >= 15 is 0 Å². The highest BCUT2D eigenvalue weighted by Gasteiger charge is 2.25. The van der Waals surface area contributed by atoms with Crippen LogP contribution < -0.4 is 4.74 Å². The second-order valence-electron chi connectivity index (χ2n) is 6.56. The third-order valence-corrected chi connectivity index (χ3v) is 5.23. The molecule has 7 nitrogen and oxygen atoms in total. The van der Waals surface area contributed by atoms with E-state index in [0.717, 1.165) is 17.8 Å². The van der Waals surface area contributed by atoms with Gasteiger partial charge in [-0.05, 0) is 48.0 Å². The molecule has 4 rings (SSSR count). The lowest BCUT2D eigenvalue weighted by atomic mass is 9.90. The molecule has 0 bridgehead atoms. The van der Waals surface area contributed by atoms with Gasteiger partial charge in [0.05, 0.1) is 30.7 Å². The minimum atomic E-state index is -1.30. The molecule has 31 heavy (non-hydrogen) atoms. The molecule has 0 saturated carbocycles. The Morgan fingerprint density at radius 3 is 2.55 bits per heavy atom. The summed E-state index contributed by atoms with van der Waals surface area (Å²) >= 11 is 1.00. The summed E-state index contributed by atoms with van der Waals surface area (Å²) in [5.74, 6) is -2.28. The van der Waals surface area contributed by atoms with Crippen LogP contribution in [0.25, 0.3) is 16.6 Å². The van der Waals surface area contributed by atoms with Gasteiger partial charge in [-0.2, -0.15) is 8.75 Å². The van der Waals surface area contributed by atoms with Crippen LogP contribution in [0.3, 0.4) is 0 Å². The zero-order chi connectivity index (χ0) is 22.0. The average molecular weight is 438 g/mol. The molecule has 2 aromatic carbocycles. The fourth-order valence-electron chi connectivity index (χ4n) is 3.22. The molecule has 2 heterocycles. The molecule has 4 aromatic rings. The standard InChI is InChI=1S/C22H15FN2O5S/c1-29-19-7-5-13(9-16(19)23)21(26)15(11-14-3-2-8-30-14)20(22(27)28)12-4-6-17-18(10-12)25-31-24-17/h2-10H,11H2,1H3,(H,27,28). The fourth-order valence-corrected chi connectivity index (χ4v) is 3.73. The highest BCUT2D eigenvalue weighted by molar-refractivity contribution is 7.00. The fraction of sp³-hybridized carbons (Fsp3) is 0.0909. The van der Waals surface area contributed by atoms with E-state index in [0.29, 0.717) is 16.8 Å². The number of aliphatic carboxylic acids is 1. The number of Topliss-reactive ketones (excluding diaryl/α,β-unsaturated/α-hetero) is 1. The summed E-state index contributed by atoms with van der Waals surface area (Å²) in [6.07, 6.45) is 1.34. The summed E-state index contributed by atoms with van der Waals surface area (Å²) in [5, 5.41) is 10.0. The van der Waals surface area contributed by atoms with Crippen molar-refractivity contribution in [2.75, 3.05) is 7.11 Å². The van der Waals surface area contributed by atoms with Crippen molar-refractivity contribution in [2.24, 2.45) is 0 Å². The third kappa shape index (κ3) is 4.08. The number of ketones is 1. The van der Waals surface area contributed by atoms with E-state index in [1.807, 2.05) is 0 Å². The summed E-state index contributed by atoms with van der Waals surface area (Å²) in [6.45, 7) is 0. The van der Waals surface area contributed by atoms with Gasteiger partial charge < -0.3 is 14.3 Å². The Morgan fingerprint density at radius 2 is 1.87 bits per heavy atom. The summed E-state index contributed by atoms with van der Waals surface area (Å²) in [4.78, 5) is 25.6. The summed E-state index contributed by atoms with van der Waals surface area (Å²) in [7, 11) is 1.31. The van der Waals surface area contributed by atoms with E-state index in [9.17, 15) is 19.1 Å². The van der Waals surface area contributed by atoms with Gasteiger partial charge in [-0.25, -0.2) is 9.18 Å². The van der Waals surface area contributed by atoms with Gasteiger partial charge in [0.25, 0.3) is 0 Å². The molecule has 0 amide bonds. The van der Waals surface area contributed by atoms with Crippen molar-refractivity contribution >= 4 is 40.1 Å². The first-order valence-electron chi connectivity index (χ1n) is 9.07. The van der Waals surface area contributed by atoms with Gasteiger partial charge in [-0.3, -0.25) is 4.79 Å². The highest BCUT2D eigenvalue weighted by Crippen LogP contribution is 2.29. The lowest BCUT2D eigenvalue weighted by molar-refractivity contribution is -0.130. The maximum atomic E-state index is 14.2. The summed E-state index contributed by atoms with van der Waals surface area (Å²) in [5.41, 5.74) is 1.16. The van der Waals surface area contributed by atoms with Crippen LogP contribution in [0.5, 0.6) is 5.75 Å². The van der Waals surface area contributed by atoms with Crippen LogP contribution in [0.15, 0.2) is 64.8 Å². The maximum absolute atomic E-state index is 14.2. The van der Waals surface area contributed by atoms with Crippen molar-refractivity contribution < 1.29 is 28.2 Å². The molecule has 156 valence electrons. The van der Waals surface area contributed by atoms with Crippen molar-refractivity contribution in [3.8, 4) is 5.75 Å². The molecule has 0 atom stereocenters. The van der Waals surface area contributed by atoms with Gasteiger partial charge in [0, 0.05) is 17.6 Å². The number of carbonyl (C=O) groups excluding carboxylic acids is 1. The third-order valence-electron chi connectivity index (χ3n) is 4.68. The number of ether oxygens (including phenoxy) is 1. The number of hydrogen-bond acceptors (Lipinski definition) is 7. The van der Waals surface area contributed by atoms with E-state index in [4.69, 9.17) is 9.15 Å². The van der Waals surface area contributed by atoms with Crippen LogP contribution >= 0.6 is 11.7 Å². The van der Waals surface area contributed by atoms with Crippen molar-refractivity contribution in [3.63, 3.8) is 0 Å². The van der Waals surface area contributed by atoms with Gasteiger partial charge in [-0.15, -0.1) is 0 Å². The first-order chi connectivity index (χ1) is 15.0. The van der Waals surface area contributed by atoms with Crippen LogP contribution in [-0.4, -0.2) is 32.7 Å². The van der Waals surface area contributed by atoms with Crippen molar-refractivity contribution in [3.05, 3.63) is 83.1 Å². The van der Waals surface area contributed by atoms with E-state index in [2.05, 4.69) is 8.75 Å². The Balaban J connectivity index is 1.90. The zero-order valence-electron chi connectivity index (χ0n) is 16.2. The Labute approximate surface area is 179 Å². The number of allylic oxidation sites excluding steroid dienone is 1. The van der Waals surface area contributed by atoms with Crippen LogP contribution in [0.4, 0.5) is 4.39 Å². The molecule has 0 fully saturated rings. The molecule has 0 aliphatic carbocycles. The molecule has 0 spiro atoms. The molecule has 0 saturated heterocycles. The number of aromatic nitrogens is 2. The minimum absolute atomic E-state index is 0.00462. The Bertz CT molecular complexity index is 1310. The van der Waals surface area contributed by atoms with Gasteiger partial charge in [0.1, 0.15) is 16.8 Å². The molecule has 1 N–H and O–H groups in total. The monoisotopic (exact) mass is 438 g/mol. The van der Waals surface area contributed by atoms with Crippen molar-refractivity contribution in [2.45, 2.75) is 6.42 Å². The van der Waals surface area contributed by atoms with Gasteiger partial charge >= 0.3 is 5.97 Å². The lowest BCUT2D eigenvalue weighted by Gasteiger charge is -2.12. The number of rotatable bonds is 7. The van der Waals surface area contributed by atoms with Crippen LogP contribution in [-0.2, 0) is 11.2 Å². The predicted octanol–water partition coefficient (Wildman–Crippen LogP) is 4.40. The van der Waals surface area contributed by atoms with E-state index in [1.54, 1.807) is 30.3 Å². The second kappa shape index (κ2) is 8.49. The number of nitrogens with zero attached hydrogens (tertiary/aromatic N) is 2. The topological polar surface area (TPSA) is 103 Å². The summed E-state index contributed by atoms with van der Waals surface area (Å²) < 4.78 is 32.7. The second-order valence-corrected chi connectivity index (χ2v) is 7.09. The Kier molecular flexibility index (Phi) is 5.59. The van der Waals surface area contributed by atoms with Crippen LogP contribution in [0, 0.1) is 5.82 Å². The number of furan rings is 1. The first kappa shape index (κ1) is 20.4. The number of halogens is 1. The highest BCUT2D eigenvalue weighted by atomic mass is 32.1. The average Bonchev–Trinajstić information content (AvgIpc) is 3.44. The van der Waals surface area contributed by atoms with E-state index in [1.165, 1.54) is 25.5 Å². The number of carboxylic acids is 1. The number of carboxylic acid groups (broad SMARTS) is 1. The normalized spacial score (nSPS) is 11.9. The lowest BCUT2D eigenvalue weighted by Crippen LogP contribution is -2.14. The number of carbonyl (C=O) groups is 2. The Hall–Kier alpha value is -3.85. The quantitative estimate of drug-likeness (QED) is 0.337. The first-order valence-corrected chi connectivity index (χ1v) is 9.80. The molecular formula is C22H15FN2O5S. The zero-order valence-corrected chi connectivity index (χ0v) is 17.0. The van der Waals surface area contributed by atoms with Crippen molar-refractivity contribution in [1.29, 1.82) is 0 Å². The number of benzene rings is 2. The number of methoxy groups -OCH3 is 1. The minimum Gasteiger partial charge on any atom is -0.494 e. The number of fused-ring (bicyclic) bond motifs is 1. The molecule has 0 aliphatic heterocycles. The van der Waals surface area contributed by atoms with E-state index < -0.39 is 17.6 Å². The van der Waals surface area contributed by atoms with Crippen LogP contribution in [0.2, 0.25) is 0 Å². The Morgan fingerprint density at radius 1 is 1.10 bits per heavy atom.